The lowest BCUT2D eigenvalue weighted by molar-refractivity contribution is 0.159. The van der Waals surface area contributed by atoms with Gasteiger partial charge >= 0.3 is 0 Å². The molecule has 2 rings (SSSR count). The number of hydrogen-bond acceptors (Lipinski definition) is 3. The highest BCUT2D eigenvalue weighted by atomic mass is 19.1. The van der Waals surface area contributed by atoms with Crippen molar-refractivity contribution in [3.8, 4) is 11.3 Å². The Labute approximate surface area is 124 Å². The van der Waals surface area contributed by atoms with Crippen LogP contribution in [0.1, 0.15) is 32.6 Å². The van der Waals surface area contributed by atoms with Gasteiger partial charge in [0.15, 0.2) is 0 Å². The van der Waals surface area contributed by atoms with Gasteiger partial charge in [0, 0.05) is 17.6 Å². The van der Waals surface area contributed by atoms with Crippen molar-refractivity contribution in [2.24, 2.45) is 0 Å². The minimum Gasteiger partial charge on any atom is -0.385 e. The molecule has 0 aliphatic heterocycles. The summed E-state index contributed by atoms with van der Waals surface area (Å²) in [6.07, 6.45) is -0.726. The van der Waals surface area contributed by atoms with Gasteiger partial charge in [-0.25, -0.2) is 9.37 Å². The highest BCUT2D eigenvalue weighted by molar-refractivity contribution is 5.59. The summed E-state index contributed by atoms with van der Waals surface area (Å²) < 4.78 is 13.8. The largest absolute Gasteiger partial charge is 0.385 e. The molecule has 1 heterocycles. The van der Waals surface area contributed by atoms with Crippen molar-refractivity contribution in [2.75, 3.05) is 6.54 Å². The summed E-state index contributed by atoms with van der Waals surface area (Å²) >= 11 is 0. The third-order valence-electron chi connectivity index (χ3n) is 3.09. The number of nitrogens with one attached hydrogen (secondary N) is 1. The second-order valence-corrected chi connectivity index (χ2v) is 6.07. The second kappa shape index (κ2) is 6.33. The third kappa shape index (κ3) is 4.34. The van der Waals surface area contributed by atoms with E-state index in [0.717, 1.165) is 0 Å². The zero-order valence-corrected chi connectivity index (χ0v) is 12.6. The SMILES string of the molecule is CC(C)(C)NC[C@@H](O)c1cccc(-c2ccccc2F)n1. The summed E-state index contributed by atoms with van der Waals surface area (Å²) in [4.78, 5) is 4.37. The van der Waals surface area contributed by atoms with E-state index < -0.39 is 6.10 Å². The number of rotatable bonds is 4. The molecule has 112 valence electrons. The molecule has 1 aromatic carbocycles. The molecule has 0 aliphatic rings. The Morgan fingerprint density at radius 1 is 1.14 bits per heavy atom. The first-order valence-electron chi connectivity index (χ1n) is 7.02. The number of hydrogen-bond donors (Lipinski definition) is 2. The van der Waals surface area contributed by atoms with Crippen molar-refractivity contribution in [1.29, 1.82) is 0 Å². The Kier molecular flexibility index (Phi) is 4.70. The summed E-state index contributed by atoms with van der Waals surface area (Å²) in [6, 6.07) is 11.8. The first-order valence-corrected chi connectivity index (χ1v) is 7.02. The Hall–Kier alpha value is -1.78. The topological polar surface area (TPSA) is 45.1 Å². The molecule has 4 heteroatoms. The van der Waals surface area contributed by atoms with Gasteiger partial charge < -0.3 is 10.4 Å². The monoisotopic (exact) mass is 288 g/mol. The van der Waals surface area contributed by atoms with Crippen LogP contribution in [0.2, 0.25) is 0 Å². The molecule has 2 N–H and O–H groups in total. The minimum absolute atomic E-state index is 0.0792. The van der Waals surface area contributed by atoms with Gasteiger partial charge in [-0.3, -0.25) is 0 Å². The molecule has 0 saturated heterocycles. The molecule has 0 saturated carbocycles. The standard InChI is InChI=1S/C17H21FN2O/c1-17(2,3)19-11-16(21)15-10-6-9-14(20-15)12-7-4-5-8-13(12)18/h4-10,16,19,21H,11H2,1-3H3/t16-/m1/s1. The first-order chi connectivity index (χ1) is 9.87. The fourth-order valence-corrected chi connectivity index (χ4v) is 1.96. The average molecular weight is 288 g/mol. The van der Waals surface area contributed by atoms with E-state index >= 15 is 0 Å². The van der Waals surface area contributed by atoms with Gasteiger partial charge in [0.25, 0.3) is 0 Å². The van der Waals surface area contributed by atoms with Gasteiger partial charge in [-0.2, -0.15) is 0 Å². The van der Waals surface area contributed by atoms with E-state index in [0.29, 0.717) is 23.5 Å². The number of halogens is 1. The van der Waals surface area contributed by atoms with Gasteiger partial charge in [0.05, 0.1) is 11.4 Å². The fourth-order valence-electron chi connectivity index (χ4n) is 1.96. The Bertz CT molecular complexity index is 608. The number of aliphatic hydroxyl groups is 1. The lowest BCUT2D eigenvalue weighted by Gasteiger charge is -2.22. The third-order valence-corrected chi connectivity index (χ3v) is 3.09. The minimum atomic E-state index is -0.726. The molecule has 3 nitrogen and oxygen atoms in total. The Morgan fingerprint density at radius 2 is 1.86 bits per heavy atom. The summed E-state index contributed by atoms with van der Waals surface area (Å²) in [7, 11) is 0. The smallest absolute Gasteiger partial charge is 0.132 e. The highest BCUT2D eigenvalue weighted by Crippen LogP contribution is 2.22. The molecule has 0 fully saturated rings. The molecule has 1 atom stereocenters. The van der Waals surface area contributed by atoms with Crippen LogP contribution in [-0.2, 0) is 0 Å². The van der Waals surface area contributed by atoms with Crippen LogP contribution in [0.3, 0.4) is 0 Å². The number of β-amino-alcohol motifs (C(OH)–C–C–N with tert-alkyl or cyclic N) is 1. The molecule has 0 radical (unpaired) electrons. The second-order valence-electron chi connectivity index (χ2n) is 6.07. The van der Waals surface area contributed by atoms with E-state index in [2.05, 4.69) is 10.3 Å². The van der Waals surface area contributed by atoms with Crippen LogP contribution in [0, 0.1) is 5.82 Å². The maximum atomic E-state index is 13.8. The van der Waals surface area contributed by atoms with E-state index in [1.807, 2.05) is 20.8 Å². The zero-order valence-electron chi connectivity index (χ0n) is 12.6. The van der Waals surface area contributed by atoms with Crippen molar-refractivity contribution >= 4 is 0 Å². The molecule has 0 aliphatic carbocycles. The van der Waals surface area contributed by atoms with Crippen molar-refractivity contribution in [1.82, 2.24) is 10.3 Å². The fraction of sp³-hybridized carbons (Fsp3) is 0.353. The average Bonchev–Trinajstić information content (AvgIpc) is 2.44. The van der Waals surface area contributed by atoms with Crippen LogP contribution >= 0.6 is 0 Å². The Morgan fingerprint density at radius 3 is 2.52 bits per heavy atom. The number of benzene rings is 1. The molecule has 1 aromatic heterocycles. The lowest BCUT2D eigenvalue weighted by Crippen LogP contribution is -2.38. The number of pyridine rings is 1. The van der Waals surface area contributed by atoms with Crippen LogP contribution in [0.25, 0.3) is 11.3 Å². The maximum Gasteiger partial charge on any atom is 0.132 e. The zero-order chi connectivity index (χ0) is 15.5. The molecule has 0 bridgehead atoms. The normalized spacial score (nSPS) is 13.2. The predicted octanol–water partition coefficient (Wildman–Crippen LogP) is 3.31. The van der Waals surface area contributed by atoms with Crippen molar-refractivity contribution in [3.63, 3.8) is 0 Å². The number of aromatic nitrogens is 1. The maximum absolute atomic E-state index is 13.8. The molecule has 2 aromatic rings. The van der Waals surface area contributed by atoms with Crippen molar-refractivity contribution < 1.29 is 9.50 Å². The summed E-state index contributed by atoms with van der Waals surface area (Å²) in [5.41, 5.74) is 1.42. The van der Waals surface area contributed by atoms with Gasteiger partial charge in [-0.05, 0) is 45.0 Å². The van der Waals surface area contributed by atoms with Crippen LogP contribution < -0.4 is 5.32 Å². The quantitative estimate of drug-likeness (QED) is 0.907. The van der Waals surface area contributed by atoms with E-state index in [1.165, 1.54) is 6.07 Å². The van der Waals surface area contributed by atoms with Crippen LogP contribution in [0.15, 0.2) is 42.5 Å². The number of nitrogens with zero attached hydrogens (tertiary/aromatic N) is 1. The lowest BCUT2D eigenvalue weighted by atomic mass is 10.1. The van der Waals surface area contributed by atoms with E-state index in [1.54, 1.807) is 36.4 Å². The van der Waals surface area contributed by atoms with Crippen LogP contribution in [0.5, 0.6) is 0 Å². The van der Waals surface area contributed by atoms with Crippen LogP contribution in [0.4, 0.5) is 4.39 Å². The highest BCUT2D eigenvalue weighted by Gasteiger charge is 2.15. The van der Waals surface area contributed by atoms with E-state index in [-0.39, 0.29) is 11.4 Å². The van der Waals surface area contributed by atoms with Gasteiger partial charge in [0.1, 0.15) is 11.9 Å². The molecule has 21 heavy (non-hydrogen) atoms. The van der Waals surface area contributed by atoms with Gasteiger partial charge in [-0.1, -0.05) is 18.2 Å². The van der Waals surface area contributed by atoms with Crippen LogP contribution in [-0.4, -0.2) is 22.2 Å². The van der Waals surface area contributed by atoms with Gasteiger partial charge in [0.2, 0.25) is 0 Å². The number of aliphatic hydroxyl groups excluding tert-OH is 1. The summed E-state index contributed by atoms with van der Waals surface area (Å²) in [5.74, 6) is -0.315. The van der Waals surface area contributed by atoms with Gasteiger partial charge in [-0.15, -0.1) is 0 Å². The summed E-state index contributed by atoms with van der Waals surface area (Å²) in [5, 5.41) is 13.4. The molecular formula is C17H21FN2O. The first kappa shape index (κ1) is 15.6. The molecular weight excluding hydrogens is 267 g/mol. The molecule has 0 spiro atoms. The van der Waals surface area contributed by atoms with Crippen molar-refractivity contribution in [3.05, 3.63) is 54.0 Å². The summed E-state index contributed by atoms with van der Waals surface area (Å²) in [6.45, 7) is 6.49. The van der Waals surface area contributed by atoms with E-state index in [4.69, 9.17) is 0 Å². The molecule has 0 amide bonds. The van der Waals surface area contributed by atoms with Crippen molar-refractivity contribution in [2.45, 2.75) is 32.4 Å². The van der Waals surface area contributed by atoms with E-state index in [9.17, 15) is 9.50 Å². The Balaban J connectivity index is 2.20. The molecule has 0 unspecified atom stereocenters. The predicted molar refractivity (Wildman–Crippen MR) is 82.3 cm³/mol.